The summed E-state index contributed by atoms with van der Waals surface area (Å²) in [6.07, 6.45) is 1.31. The molecule has 1 aliphatic heterocycles. The first-order chi connectivity index (χ1) is 3.84. The zero-order valence-electron chi connectivity index (χ0n) is 5.55. The van der Waals surface area contributed by atoms with Crippen LogP contribution in [0.3, 0.4) is 0 Å². The minimum atomic E-state index is 0.708. The topological polar surface area (TPSA) is 12.5 Å². The number of methoxy groups -OCH3 is 1. The molecule has 0 aliphatic carbocycles. The molecule has 48 valence electrons. The molecule has 0 saturated carbocycles. The Morgan fingerprint density at radius 2 is 2.50 bits per heavy atom. The maximum absolute atomic E-state index is 4.97. The van der Waals surface area contributed by atoms with Crippen LogP contribution in [0.4, 0.5) is 0 Å². The summed E-state index contributed by atoms with van der Waals surface area (Å²) >= 11 is 0. The SMILES string of the molecule is COC[C@H]1CCN1C. The number of hydrogen-bond acceptors (Lipinski definition) is 2. The predicted molar refractivity (Wildman–Crippen MR) is 32.9 cm³/mol. The molecule has 0 N–H and O–H groups in total. The van der Waals surface area contributed by atoms with Crippen LogP contribution in [0.1, 0.15) is 6.42 Å². The van der Waals surface area contributed by atoms with Crippen molar-refractivity contribution >= 4 is 0 Å². The van der Waals surface area contributed by atoms with Crippen molar-refractivity contribution in [3.05, 3.63) is 0 Å². The third-order valence-electron chi connectivity index (χ3n) is 1.80. The minimum absolute atomic E-state index is 0.708. The van der Waals surface area contributed by atoms with Gasteiger partial charge in [-0.05, 0) is 20.0 Å². The minimum Gasteiger partial charge on any atom is -0.383 e. The highest BCUT2D eigenvalue weighted by Crippen LogP contribution is 2.13. The lowest BCUT2D eigenvalue weighted by atomic mass is 10.1. The molecule has 0 spiro atoms. The van der Waals surface area contributed by atoms with E-state index in [2.05, 4.69) is 11.9 Å². The van der Waals surface area contributed by atoms with Crippen molar-refractivity contribution in [2.45, 2.75) is 12.5 Å². The van der Waals surface area contributed by atoms with E-state index >= 15 is 0 Å². The van der Waals surface area contributed by atoms with Crippen LogP contribution in [0, 0.1) is 0 Å². The second-order valence-corrected chi connectivity index (χ2v) is 2.38. The van der Waals surface area contributed by atoms with Gasteiger partial charge in [0.2, 0.25) is 0 Å². The molecule has 0 unspecified atom stereocenters. The molecule has 0 aromatic rings. The van der Waals surface area contributed by atoms with E-state index < -0.39 is 0 Å². The number of ether oxygens (including phenoxy) is 1. The summed E-state index contributed by atoms with van der Waals surface area (Å²) in [7, 11) is 3.89. The van der Waals surface area contributed by atoms with E-state index in [9.17, 15) is 0 Å². The molecule has 1 aliphatic rings. The van der Waals surface area contributed by atoms with E-state index in [1.807, 2.05) is 0 Å². The summed E-state index contributed by atoms with van der Waals surface area (Å²) in [6.45, 7) is 2.14. The zero-order chi connectivity index (χ0) is 5.98. The molecule has 1 heterocycles. The molecule has 0 aromatic carbocycles. The standard InChI is InChI=1S/C6H13NO/c1-7-4-3-6(7)5-8-2/h6H,3-5H2,1-2H3/t6-/m1/s1. The van der Waals surface area contributed by atoms with Gasteiger partial charge in [-0.25, -0.2) is 0 Å². The number of rotatable bonds is 2. The van der Waals surface area contributed by atoms with Crippen LogP contribution in [-0.2, 0) is 4.74 Å². The fraction of sp³-hybridized carbons (Fsp3) is 1.00. The largest absolute Gasteiger partial charge is 0.383 e. The van der Waals surface area contributed by atoms with Crippen LogP contribution in [0.2, 0.25) is 0 Å². The molecule has 0 aromatic heterocycles. The summed E-state index contributed by atoms with van der Waals surface area (Å²) in [6, 6.07) is 0.708. The van der Waals surface area contributed by atoms with Crippen LogP contribution in [0.25, 0.3) is 0 Å². The zero-order valence-corrected chi connectivity index (χ0v) is 5.55. The summed E-state index contributed by atoms with van der Waals surface area (Å²) in [5.74, 6) is 0. The van der Waals surface area contributed by atoms with Gasteiger partial charge >= 0.3 is 0 Å². The molecular weight excluding hydrogens is 102 g/mol. The van der Waals surface area contributed by atoms with E-state index in [4.69, 9.17) is 4.74 Å². The Morgan fingerprint density at radius 1 is 1.75 bits per heavy atom. The van der Waals surface area contributed by atoms with Gasteiger partial charge in [-0.2, -0.15) is 0 Å². The van der Waals surface area contributed by atoms with Crippen LogP contribution >= 0.6 is 0 Å². The number of nitrogens with zero attached hydrogens (tertiary/aromatic N) is 1. The van der Waals surface area contributed by atoms with Crippen molar-refractivity contribution in [2.75, 3.05) is 27.3 Å². The average Bonchev–Trinajstić information content (AvgIpc) is 1.79. The Hall–Kier alpha value is -0.0800. The number of likely N-dealkylation sites (tertiary alicyclic amines) is 1. The summed E-state index contributed by atoms with van der Waals surface area (Å²) in [5, 5.41) is 0. The smallest absolute Gasteiger partial charge is 0.0618 e. The first-order valence-electron chi connectivity index (χ1n) is 3.04. The maximum Gasteiger partial charge on any atom is 0.0618 e. The molecule has 0 radical (unpaired) electrons. The van der Waals surface area contributed by atoms with Gasteiger partial charge in [-0.1, -0.05) is 0 Å². The third kappa shape index (κ3) is 1.01. The molecule has 1 rings (SSSR count). The van der Waals surface area contributed by atoms with Gasteiger partial charge in [0.05, 0.1) is 6.61 Å². The average molecular weight is 115 g/mol. The van der Waals surface area contributed by atoms with E-state index in [-0.39, 0.29) is 0 Å². The van der Waals surface area contributed by atoms with E-state index in [1.54, 1.807) is 7.11 Å². The van der Waals surface area contributed by atoms with Crippen molar-refractivity contribution in [2.24, 2.45) is 0 Å². The highest BCUT2D eigenvalue weighted by atomic mass is 16.5. The molecule has 2 heteroatoms. The molecule has 1 fully saturated rings. The lowest BCUT2D eigenvalue weighted by molar-refractivity contribution is 0.0439. The number of hydrogen-bond donors (Lipinski definition) is 0. The monoisotopic (exact) mass is 115 g/mol. The fourth-order valence-corrected chi connectivity index (χ4v) is 0.973. The normalized spacial score (nSPS) is 30.0. The lowest BCUT2D eigenvalue weighted by Gasteiger charge is -2.37. The Bertz CT molecular complexity index is 74.9. The van der Waals surface area contributed by atoms with Gasteiger partial charge < -0.3 is 9.64 Å². The van der Waals surface area contributed by atoms with E-state index in [1.165, 1.54) is 13.0 Å². The van der Waals surface area contributed by atoms with Gasteiger partial charge in [0.15, 0.2) is 0 Å². The maximum atomic E-state index is 4.97. The van der Waals surface area contributed by atoms with Gasteiger partial charge in [0.25, 0.3) is 0 Å². The first-order valence-corrected chi connectivity index (χ1v) is 3.04. The fourth-order valence-electron chi connectivity index (χ4n) is 0.973. The van der Waals surface area contributed by atoms with E-state index in [0.29, 0.717) is 6.04 Å². The highest BCUT2D eigenvalue weighted by Gasteiger charge is 2.22. The van der Waals surface area contributed by atoms with Gasteiger partial charge in [0.1, 0.15) is 0 Å². The second kappa shape index (κ2) is 2.46. The molecule has 0 bridgehead atoms. The van der Waals surface area contributed by atoms with Gasteiger partial charge in [-0.15, -0.1) is 0 Å². The Kier molecular flexibility index (Phi) is 1.86. The Labute approximate surface area is 50.4 Å². The molecule has 2 nitrogen and oxygen atoms in total. The summed E-state index contributed by atoms with van der Waals surface area (Å²) in [5.41, 5.74) is 0. The summed E-state index contributed by atoms with van der Waals surface area (Å²) in [4.78, 5) is 2.31. The molecule has 8 heavy (non-hydrogen) atoms. The van der Waals surface area contributed by atoms with Crippen LogP contribution in [0.15, 0.2) is 0 Å². The highest BCUT2D eigenvalue weighted by molar-refractivity contribution is 4.78. The quantitative estimate of drug-likeness (QED) is 0.514. The summed E-state index contributed by atoms with van der Waals surface area (Å²) < 4.78 is 4.97. The van der Waals surface area contributed by atoms with Crippen molar-refractivity contribution in [1.29, 1.82) is 0 Å². The second-order valence-electron chi connectivity index (χ2n) is 2.38. The Morgan fingerprint density at radius 3 is 2.62 bits per heavy atom. The molecule has 0 amide bonds. The van der Waals surface area contributed by atoms with Crippen molar-refractivity contribution in [3.8, 4) is 0 Å². The predicted octanol–water partition coefficient (Wildman–Crippen LogP) is 0.337. The molecule has 1 atom stereocenters. The van der Waals surface area contributed by atoms with Crippen LogP contribution in [0.5, 0.6) is 0 Å². The molecular formula is C6H13NO. The van der Waals surface area contributed by atoms with Gasteiger partial charge in [-0.3, -0.25) is 0 Å². The molecule has 1 saturated heterocycles. The van der Waals surface area contributed by atoms with Crippen molar-refractivity contribution < 1.29 is 4.74 Å². The Balaban J connectivity index is 2.08. The van der Waals surface area contributed by atoms with Crippen molar-refractivity contribution in [3.63, 3.8) is 0 Å². The third-order valence-corrected chi connectivity index (χ3v) is 1.80. The number of likely N-dealkylation sites (N-methyl/N-ethyl adjacent to an activating group) is 1. The van der Waals surface area contributed by atoms with Crippen molar-refractivity contribution in [1.82, 2.24) is 4.90 Å². The van der Waals surface area contributed by atoms with Crippen LogP contribution in [-0.4, -0.2) is 38.3 Å². The van der Waals surface area contributed by atoms with E-state index in [0.717, 1.165) is 6.61 Å². The first kappa shape index (κ1) is 6.05. The van der Waals surface area contributed by atoms with Gasteiger partial charge in [0, 0.05) is 13.2 Å². The lowest BCUT2D eigenvalue weighted by Crippen LogP contribution is -2.47. The van der Waals surface area contributed by atoms with Crippen LogP contribution < -0.4 is 0 Å².